The Bertz CT molecular complexity index is 512. The zero-order valence-corrected chi connectivity index (χ0v) is 18.3. The van der Waals surface area contributed by atoms with Crippen LogP contribution in [0.5, 0.6) is 0 Å². The molecule has 0 aliphatic heterocycles. The van der Waals surface area contributed by atoms with Crippen LogP contribution in [0.25, 0.3) is 0 Å². The van der Waals surface area contributed by atoms with Gasteiger partial charge in [-0.1, -0.05) is 32.1 Å². The number of aliphatic imine (C=N–C) groups is 1. The highest BCUT2D eigenvalue weighted by atomic mass is 127. The Morgan fingerprint density at radius 3 is 2.68 bits per heavy atom. The van der Waals surface area contributed by atoms with Crippen LogP contribution >= 0.6 is 24.0 Å². The Morgan fingerprint density at radius 1 is 1.24 bits per heavy atom. The highest BCUT2D eigenvalue weighted by molar-refractivity contribution is 14.0. The minimum absolute atomic E-state index is 0. The van der Waals surface area contributed by atoms with E-state index in [1.165, 1.54) is 50.5 Å². The number of aromatic nitrogens is 1. The second-order valence-electron chi connectivity index (χ2n) is 6.92. The van der Waals surface area contributed by atoms with Crippen LogP contribution in [-0.4, -0.2) is 38.6 Å². The summed E-state index contributed by atoms with van der Waals surface area (Å²) in [4.78, 5) is 10.7. The first-order valence-corrected chi connectivity index (χ1v) is 9.26. The molecule has 1 saturated carbocycles. The topological polar surface area (TPSA) is 52.6 Å². The summed E-state index contributed by atoms with van der Waals surface area (Å²) in [5, 5.41) is 6.81. The van der Waals surface area contributed by atoms with Crippen molar-refractivity contribution in [3.63, 3.8) is 0 Å². The van der Waals surface area contributed by atoms with Crippen LogP contribution in [0.4, 0.5) is 5.82 Å². The molecule has 0 bridgehead atoms. The first kappa shape index (κ1) is 22.0. The fourth-order valence-corrected chi connectivity index (χ4v) is 3.29. The second-order valence-corrected chi connectivity index (χ2v) is 6.92. The number of hydrogen-bond acceptors (Lipinski definition) is 3. The van der Waals surface area contributed by atoms with Gasteiger partial charge in [0.1, 0.15) is 5.82 Å². The Kier molecular flexibility index (Phi) is 10.8. The first-order chi connectivity index (χ1) is 11.7. The molecule has 1 fully saturated rings. The molecular weight excluding hydrogens is 425 g/mol. The van der Waals surface area contributed by atoms with Crippen molar-refractivity contribution >= 4 is 35.8 Å². The third-order valence-corrected chi connectivity index (χ3v) is 4.76. The van der Waals surface area contributed by atoms with Gasteiger partial charge in [0.25, 0.3) is 0 Å². The number of guanidine groups is 1. The number of nitrogens with zero attached hydrogens (tertiary/aromatic N) is 3. The van der Waals surface area contributed by atoms with Crippen LogP contribution in [0.3, 0.4) is 0 Å². The first-order valence-electron chi connectivity index (χ1n) is 9.26. The van der Waals surface area contributed by atoms with Gasteiger partial charge < -0.3 is 15.5 Å². The van der Waals surface area contributed by atoms with E-state index in [0.717, 1.165) is 30.8 Å². The van der Waals surface area contributed by atoms with Crippen molar-refractivity contribution < 1.29 is 0 Å². The van der Waals surface area contributed by atoms with Crippen LogP contribution < -0.4 is 15.5 Å². The average Bonchev–Trinajstić information content (AvgIpc) is 2.62. The highest BCUT2D eigenvalue weighted by Gasteiger charge is 2.12. The molecule has 1 aliphatic rings. The van der Waals surface area contributed by atoms with Gasteiger partial charge in [-0.3, -0.25) is 4.99 Å². The van der Waals surface area contributed by atoms with E-state index >= 15 is 0 Å². The summed E-state index contributed by atoms with van der Waals surface area (Å²) in [6.07, 6.45) is 11.6. The minimum Gasteiger partial charge on any atom is -0.363 e. The standard InChI is InChI=1S/C19H33N5.HI/c1-20-19(22-12-7-10-16-8-5-4-6-9-16)23-15-17-11-13-21-18(14-17)24(2)3;/h11,13-14,16H,4-10,12,15H2,1-3H3,(H2,20,22,23);1H. The number of halogens is 1. The van der Waals surface area contributed by atoms with Gasteiger partial charge in [-0.2, -0.15) is 0 Å². The Balaban J connectivity index is 0.00000312. The number of pyridine rings is 1. The van der Waals surface area contributed by atoms with Crippen molar-refractivity contribution in [3.05, 3.63) is 23.9 Å². The maximum absolute atomic E-state index is 4.34. The van der Waals surface area contributed by atoms with Crippen molar-refractivity contribution in [3.8, 4) is 0 Å². The van der Waals surface area contributed by atoms with Gasteiger partial charge in [0.05, 0.1) is 0 Å². The van der Waals surface area contributed by atoms with Gasteiger partial charge in [0.15, 0.2) is 5.96 Å². The van der Waals surface area contributed by atoms with Crippen LogP contribution in [0.15, 0.2) is 23.3 Å². The fraction of sp³-hybridized carbons (Fsp3) is 0.684. The maximum Gasteiger partial charge on any atom is 0.191 e. The van der Waals surface area contributed by atoms with Crippen molar-refractivity contribution in [1.82, 2.24) is 15.6 Å². The quantitative estimate of drug-likeness (QED) is 0.282. The van der Waals surface area contributed by atoms with E-state index in [2.05, 4.69) is 26.7 Å². The molecule has 6 heteroatoms. The molecule has 0 unspecified atom stereocenters. The zero-order chi connectivity index (χ0) is 17.2. The van der Waals surface area contributed by atoms with E-state index in [0.29, 0.717) is 0 Å². The van der Waals surface area contributed by atoms with Gasteiger partial charge in [0.2, 0.25) is 0 Å². The van der Waals surface area contributed by atoms with Crippen LogP contribution in [0.2, 0.25) is 0 Å². The van der Waals surface area contributed by atoms with E-state index in [-0.39, 0.29) is 24.0 Å². The predicted molar refractivity (Wildman–Crippen MR) is 118 cm³/mol. The largest absolute Gasteiger partial charge is 0.363 e. The van der Waals surface area contributed by atoms with E-state index < -0.39 is 0 Å². The lowest BCUT2D eigenvalue weighted by atomic mass is 9.86. The van der Waals surface area contributed by atoms with Gasteiger partial charge >= 0.3 is 0 Å². The van der Waals surface area contributed by atoms with Crippen LogP contribution in [0, 0.1) is 5.92 Å². The van der Waals surface area contributed by atoms with E-state index in [1.807, 2.05) is 38.3 Å². The molecule has 2 N–H and O–H groups in total. The smallest absolute Gasteiger partial charge is 0.191 e. The lowest BCUT2D eigenvalue weighted by Gasteiger charge is -2.21. The van der Waals surface area contributed by atoms with Crippen molar-refractivity contribution in [2.75, 3.05) is 32.6 Å². The Labute approximate surface area is 170 Å². The van der Waals surface area contributed by atoms with Crippen molar-refractivity contribution in [2.24, 2.45) is 10.9 Å². The summed E-state index contributed by atoms with van der Waals surface area (Å²) in [5.74, 6) is 2.81. The third-order valence-electron chi connectivity index (χ3n) is 4.76. The predicted octanol–water partition coefficient (Wildman–Crippen LogP) is 3.79. The van der Waals surface area contributed by atoms with Gasteiger partial charge in [-0.25, -0.2) is 4.98 Å². The zero-order valence-electron chi connectivity index (χ0n) is 15.9. The molecule has 1 aromatic heterocycles. The average molecular weight is 459 g/mol. The molecule has 0 atom stereocenters. The molecule has 25 heavy (non-hydrogen) atoms. The molecule has 2 rings (SSSR count). The maximum atomic E-state index is 4.34. The number of hydrogen-bond donors (Lipinski definition) is 2. The third kappa shape index (κ3) is 8.25. The molecule has 0 amide bonds. The molecule has 142 valence electrons. The van der Waals surface area contributed by atoms with Gasteiger partial charge in [-0.15, -0.1) is 24.0 Å². The minimum atomic E-state index is 0. The summed E-state index contributed by atoms with van der Waals surface area (Å²) in [6, 6.07) is 4.14. The molecule has 1 aromatic rings. The molecule has 0 spiro atoms. The lowest BCUT2D eigenvalue weighted by Crippen LogP contribution is -2.37. The van der Waals surface area contributed by atoms with Gasteiger partial charge in [0, 0.05) is 40.4 Å². The summed E-state index contributed by atoms with van der Waals surface area (Å²) in [6.45, 7) is 1.75. The Morgan fingerprint density at radius 2 is 2.00 bits per heavy atom. The van der Waals surface area contributed by atoms with Crippen molar-refractivity contribution in [1.29, 1.82) is 0 Å². The molecule has 5 nitrogen and oxygen atoms in total. The molecule has 1 aliphatic carbocycles. The van der Waals surface area contributed by atoms with Crippen molar-refractivity contribution in [2.45, 2.75) is 51.5 Å². The molecule has 1 heterocycles. The van der Waals surface area contributed by atoms with E-state index in [1.54, 1.807) is 0 Å². The summed E-state index contributed by atoms with van der Waals surface area (Å²) < 4.78 is 0. The SMILES string of the molecule is CN=C(NCCCC1CCCCC1)NCc1ccnc(N(C)C)c1.I. The number of nitrogens with one attached hydrogen (secondary N) is 2. The highest BCUT2D eigenvalue weighted by Crippen LogP contribution is 2.26. The van der Waals surface area contributed by atoms with Crippen LogP contribution in [0.1, 0.15) is 50.5 Å². The lowest BCUT2D eigenvalue weighted by molar-refractivity contribution is 0.332. The monoisotopic (exact) mass is 459 g/mol. The number of anilines is 1. The second kappa shape index (κ2) is 12.3. The molecule has 0 aromatic carbocycles. The summed E-state index contributed by atoms with van der Waals surface area (Å²) in [5.41, 5.74) is 1.21. The van der Waals surface area contributed by atoms with Gasteiger partial charge in [-0.05, 0) is 36.5 Å². The Hall–Kier alpha value is -1.05. The number of rotatable bonds is 7. The van der Waals surface area contributed by atoms with Crippen LogP contribution in [-0.2, 0) is 6.54 Å². The summed E-state index contributed by atoms with van der Waals surface area (Å²) in [7, 11) is 5.84. The molecular formula is C19H34IN5. The summed E-state index contributed by atoms with van der Waals surface area (Å²) >= 11 is 0. The fourth-order valence-electron chi connectivity index (χ4n) is 3.29. The van der Waals surface area contributed by atoms with E-state index in [9.17, 15) is 0 Å². The normalized spacial score (nSPS) is 15.4. The molecule has 0 radical (unpaired) electrons. The molecule has 0 saturated heterocycles. The van der Waals surface area contributed by atoms with E-state index in [4.69, 9.17) is 0 Å².